The van der Waals surface area contributed by atoms with Gasteiger partial charge in [-0.25, -0.2) is 0 Å². The van der Waals surface area contributed by atoms with Crippen molar-refractivity contribution in [3.63, 3.8) is 0 Å². The summed E-state index contributed by atoms with van der Waals surface area (Å²) in [7, 11) is 0. The highest BCUT2D eigenvalue weighted by atomic mass is 32.2. The molecule has 0 rings (SSSR count). The highest BCUT2D eigenvalue weighted by Gasteiger charge is 2.08. The minimum atomic E-state index is -2.14. The first-order valence-corrected chi connectivity index (χ1v) is 3.85. The van der Waals surface area contributed by atoms with Crippen LogP contribution in [0.4, 0.5) is 0 Å². The number of carboxylic acid groups (broad SMARTS) is 1. The van der Waals surface area contributed by atoms with Gasteiger partial charge in [0.05, 0.1) is 1.37 Å². The summed E-state index contributed by atoms with van der Waals surface area (Å²) < 4.78 is 20.8. The number of carbonyl (C=O) groups is 1. The van der Waals surface area contributed by atoms with E-state index in [1.165, 1.54) is 11.8 Å². The number of aliphatic carboxylic acids is 1. The third-order valence-electron chi connectivity index (χ3n) is 0.790. The van der Waals surface area contributed by atoms with Crippen LogP contribution in [0.15, 0.2) is 0 Å². The van der Waals surface area contributed by atoms with Crippen molar-refractivity contribution in [2.45, 2.75) is 12.4 Å². The van der Waals surface area contributed by atoms with Crippen LogP contribution in [0.3, 0.4) is 0 Å². The van der Waals surface area contributed by atoms with Crippen LogP contribution in [0.1, 0.15) is 7.79 Å². The van der Waals surface area contributed by atoms with Gasteiger partial charge in [-0.2, -0.15) is 11.8 Å². The summed E-state index contributed by atoms with van der Waals surface area (Å²) in [6, 6.07) is -2.14. The summed E-state index contributed by atoms with van der Waals surface area (Å²) in [4.78, 5) is 10.5. The van der Waals surface area contributed by atoms with Gasteiger partial charge in [-0.15, -0.1) is 0 Å². The van der Waals surface area contributed by atoms with E-state index in [9.17, 15) is 4.79 Å². The second-order valence-corrected chi connectivity index (χ2v) is 2.48. The van der Waals surface area contributed by atoms with Crippen molar-refractivity contribution in [3.8, 4) is 0 Å². The first-order chi connectivity index (χ1) is 5.45. The Hall–Kier alpha value is -0.220. The Morgan fingerprint density at radius 3 is 3.22 bits per heavy atom. The summed E-state index contributed by atoms with van der Waals surface area (Å²) in [6.45, 7) is 0. The molecule has 0 fully saturated rings. The van der Waals surface area contributed by atoms with Crippen LogP contribution in [0.2, 0.25) is 2.82 Å². The van der Waals surface area contributed by atoms with Crippen LogP contribution in [-0.2, 0) is 4.79 Å². The molecule has 0 saturated carbocycles. The highest BCUT2D eigenvalue weighted by Crippen LogP contribution is 1.97. The summed E-state index contributed by atoms with van der Waals surface area (Å²) in [5.41, 5.74) is -0.0778. The fraction of sp³-hybridized carbons (Fsp3) is 0.800. The van der Waals surface area contributed by atoms with Crippen LogP contribution >= 0.6 is 11.8 Å². The molecule has 0 spiro atoms. The lowest BCUT2D eigenvalue weighted by atomic mass is 10.2. The zero-order chi connectivity index (χ0) is 9.78. The predicted molar refractivity (Wildman–Crippen MR) is 38.6 cm³/mol. The van der Waals surface area contributed by atoms with Crippen LogP contribution in [-0.4, -0.2) is 29.1 Å². The quantitative estimate of drug-likeness (QED) is 0.588. The fourth-order valence-electron chi connectivity index (χ4n) is 0.306. The smallest absolute Gasteiger partial charge is 0.320 e. The third-order valence-corrected chi connectivity index (χ3v) is 1.40. The number of carboxylic acids is 1. The topological polar surface area (TPSA) is 63.3 Å². The van der Waals surface area contributed by atoms with Crippen molar-refractivity contribution < 1.29 is 14.1 Å². The molecule has 0 heterocycles. The van der Waals surface area contributed by atoms with Gasteiger partial charge >= 0.3 is 5.97 Å². The van der Waals surface area contributed by atoms with E-state index in [1.54, 1.807) is 6.26 Å². The zero-order valence-corrected chi connectivity index (χ0v) is 5.94. The van der Waals surface area contributed by atoms with Gasteiger partial charge in [-0.3, -0.25) is 4.79 Å². The Balaban J connectivity index is 4.29. The van der Waals surface area contributed by atoms with Crippen LogP contribution < -0.4 is 5.72 Å². The second kappa shape index (κ2) is 4.64. The molecule has 0 radical (unpaired) electrons. The Morgan fingerprint density at radius 1 is 2.22 bits per heavy atom. The molecule has 0 bridgehead atoms. The minimum absolute atomic E-state index is 0.0312. The molecule has 3 N–H and O–H groups in total. The number of hydrogen-bond acceptors (Lipinski definition) is 3. The van der Waals surface area contributed by atoms with Gasteiger partial charge in [-0.1, -0.05) is 0 Å². The molecule has 54 valence electrons. The molecular formula is C5H11NO2S. The fourth-order valence-corrected chi connectivity index (χ4v) is 0.703. The van der Waals surface area contributed by atoms with Gasteiger partial charge in [0.25, 0.3) is 0 Å². The van der Waals surface area contributed by atoms with Crippen molar-refractivity contribution in [1.29, 1.82) is 0 Å². The van der Waals surface area contributed by atoms with Gasteiger partial charge < -0.3 is 10.8 Å². The van der Waals surface area contributed by atoms with Crippen molar-refractivity contribution in [3.05, 3.63) is 0 Å². The van der Waals surface area contributed by atoms with Gasteiger partial charge in [0.1, 0.15) is 8.84 Å². The second-order valence-electron chi connectivity index (χ2n) is 1.49. The third kappa shape index (κ3) is 4.29. The molecule has 0 unspecified atom stereocenters. The zero-order valence-electron chi connectivity index (χ0n) is 8.13. The summed E-state index contributed by atoms with van der Waals surface area (Å²) in [6.07, 6.45) is 1.75. The Labute approximate surface area is 62.9 Å². The molecule has 0 aliphatic carbocycles. The highest BCUT2D eigenvalue weighted by molar-refractivity contribution is 7.98. The minimum Gasteiger partial charge on any atom is -0.480 e. The van der Waals surface area contributed by atoms with Crippen LogP contribution in [0.25, 0.3) is 0 Å². The molecule has 3 nitrogen and oxygen atoms in total. The Kier molecular flexibility index (Phi) is 2.36. The van der Waals surface area contributed by atoms with Crippen LogP contribution in [0, 0.1) is 0 Å². The van der Waals surface area contributed by atoms with Gasteiger partial charge in [0.2, 0.25) is 0 Å². The van der Waals surface area contributed by atoms with Crippen molar-refractivity contribution in [2.24, 2.45) is 5.72 Å². The van der Waals surface area contributed by atoms with Gasteiger partial charge in [-0.05, 0) is 18.4 Å². The lowest BCUT2D eigenvalue weighted by Gasteiger charge is -2.02. The summed E-state index contributed by atoms with van der Waals surface area (Å²) in [5.74, 6) is -1.01. The average molecular weight is 152 g/mol. The molecule has 0 aliphatic heterocycles. The van der Waals surface area contributed by atoms with E-state index in [0.29, 0.717) is 5.75 Å². The van der Waals surface area contributed by atoms with E-state index in [-0.39, 0.29) is 12.1 Å². The molecule has 1 atom stereocenters. The maximum Gasteiger partial charge on any atom is 0.320 e. The van der Waals surface area contributed by atoms with E-state index in [0.717, 1.165) is 0 Å². The SMILES string of the molecule is [2H]N([2H])[C@]([2H])(CCSC)C(=O)O. The molecule has 0 aromatic carbocycles. The first kappa shape index (κ1) is 4.57. The Bertz CT molecular complexity index is 169. The molecule has 0 aromatic heterocycles. The van der Waals surface area contributed by atoms with Gasteiger partial charge in [0, 0.05) is 0 Å². The monoisotopic (exact) mass is 152 g/mol. The Morgan fingerprint density at radius 2 is 2.89 bits per heavy atom. The number of nitrogens with two attached hydrogens (primary N) is 1. The maximum atomic E-state index is 10.5. The first-order valence-electron chi connectivity index (χ1n) is 3.85. The molecule has 0 amide bonds. The summed E-state index contributed by atoms with van der Waals surface area (Å²) in [5, 5.41) is 8.55. The predicted octanol–water partition coefficient (Wildman–Crippen LogP) is 0.151. The van der Waals surface area contributed by atoms with Crippen LogP contribution in [0.5, 0.6) is 0 Å². The number of rotatable bonds is 5. The van der Waals surface area contributed by atoms with E-state index in [4.69, 9.17) is 9.30 Å². The standard InChI is InChI=1S/C5H11NO2S/c1-9-3-2-4(6)5(7)8/h4H,2-3,6H2,1H3,(H,7,8)/t4-/m1/s1/i4D/hD2. The molecular weight excluding hydrogens is 138 g/mol. The van der Waals surface area contributed by atoms with E-state index in [1.807, 2.05) is 0 Å². The van der Waals surface area contributed by atoms with Crippen molar-refractivity contribution in [2.75, 3.05) is 12.0 Å². The lowest BCUT2D eigenvalue weighted by Crippen LogP contribution is -2.30. The molecule has 4 heteroatoms. The van der Waals surface area contributed by atoms with Gasteiger partial charge in [0.15, 0.2) is 0 Å². The maximum absolute atomic E-state index is 10.5. The van der Waals surface area contributed by atoms with E-state index < -0.39 is 12.0 Å². The lowest BCUT2D eigenvalue weighted by molar-refractivity contribution is -0.138. The molecule has 0 aliphatic rings. The average Bonchev–Trinajstić information content (AvgIpc) is 1.99. The van der Waals surface area contributed by atoms with E-state index in [2.05, 4.69) is 0 Å². The van der Waals surface area contributed by atoms with E-state index >= 15 is 0 Å². The normalized spacial score (nSPS) is 21.8. The molecule has 0 aromatic rings. The largest absolute Gasteiger partial charge is 0.480 e. The van der Waals surface area contributed by atoms with Crippen molar-refractivity contribution >= 4 is 17.7 Å². The molecule has 0 saturated heterocycles. The summed E-state index contributed by atoms with van der Waals surface area (Å²) >= 11 is 1.39. The number of thioether (sulfide) groups is 1. The molecule has 9 heavy (non-hydrogen) atoms. The number of hydrogen-bond donors (Lipinski definition) is 2. The van der Waals surface area contributed by atoms with Crippen molar-refractivity contribution in [1.82, 2.24) is 0 Å².